The number of rotatable bonds is 9. The number of hydrogen-bond donors (Lipinski definition) is 2. The summed E-state index contributed by atoms with van der Waals surface area (Å²) in [5, 5.41) is 6.90. The molecular weight excluding hydrogens is 340 g/mol. The Morgan fingerprint density at radius 2 is 2.12 bits per heavy atom. The quantitative estimate of drug-likeness (QED) is 0.365. The van der Waals surface area contributed by atoms with E-state index in [0.717, 1.165) is 51.9 Å². The third-order valence-electron chi connectivity index (χ3n) is 4.71. The number of hydrogen-bond acceptors (Lipinski definition) is 5. The molecule has 0 bridgehead atoms. The molecule has 140 valence electrons. The fraction of sp³-hybridized carbons (Fsp3) is 0.941. The molecule has 2 fully saturated rings. The summed E-state index contributed by atoms with van der Waals surface area (Å²) in [6.45, 7) is 8.77. The van der Waals surface area contributed by atoms with E-state index in [-0.39, 0.29) is 5.54 Å². The van der Waals surface area contributed by atoms with Crippen LogP contribution in [0.5, 0.6) is 0 Å². The summed E-state index contributed by atoms with van der Waals surface area (Å²) in [4.78, 5) is 7.58. The van der Waals surface area contributed by atoms with Gasteiger partial charge >= 0.3 is 0 Å². The Hall–Kier alpha value is -0.110. The van der Waals surface area contributed by atoms with Gasteiger partial charge in [0.1, 0.15) is 0 Å². The molecule has 24 heavy (non-hydrogen) atoms. The van der Waals surface area contributed by atoms with Crippen LogP contribution in [0.25, 0.3) is 0 Å². The van der Waals surface area contributed by atoms with Gasteiger partial charge in [-0.15, -0.1) is 0 Å². The third kappa shape index (κ3) is 6.32. The number of aliphatic imine (C=N–C) groups is 1. The molecule has 0 amide bonds. The zero-order chi connectivity index (χ0) is 17.1. The van der Waals surface area contributed by atoms with Gasteiger partial charge in [0.15, 0.2) is 5.96 Å². The first-order valence-electron chi connectivity index (χ1n) is 9.22. The van der Waals surface area contributed by atoms with E-state index in [4.69, 9.17) is 9.73 Å². The van der Waals surface area contributed by atoms with Crippen molar-refractivity contribution >= 4 is 29.5 Å². The van der Waals surface area contributed by atoms with Crippen LogP contribution in [0.2, 0.25) is 0 Å². The van der Waals surface area contributed by atoms with Crippen molar-refractivity contribution in [3.8, 4) is 0 Å². The average molecular weight is 375 g/mol. The number of guanidine groups is 1. The molecule has 1 unspecified atom stereocenters. The summed E-state index contributed by atoms with van der Waals surface area (Å²) >= 11 is 3.99. The smallest absolute Gasteiger partial charge is 0.191 e. The lowest BCUT2D eigenvalue weighted by Crippen LogP contribution is -2.56. The summed E-state index contributed by atoms with van der Waals surface area (Å²) in [5.41, 5.74) is 0.232. The van der Waals surface area contributed by atoms with Crippen molar-refractivity contribution in [2.75, 3.05) is 69.5 Å². The molecule has 0 aromatic carbocycles. The summed E-state index contributed by atoms with van der Waals surface area (Å²) in [6, 6.07) is 0. The molecule has 0 spiro atoms. The number of morpholine rings is 1. The molecule has 0 aliphatic carbocycles. The first-order valence-corrected chi connectivity index (χ1v) is 11.8. The van der Waals surface area contributed by atoms with E-state index in [1.54, 1.807) is 0 Å². The molecule has 5 nitrogen and oxygen atoms in total. The van der Waals surface area contributed by atoms with Crippen LogP contribution in [0.15, 0.2) is 4.99 Å². The van der Waals surface area contributed by atoms with Crippen LogP contribution in [-0.2, 0) is 4.74 Å². The van der Waals surface area contributed by atoms with Gasteiger partial charge in [0.25, 0.3) is 0 Å². The van der Waals surface area contributed by atoms with E-state index >= 15 is 0 Å². The fourth-order valence-electron chi connectivity index (χ4n) is 3.25. The summed E-state index contributed by atoms with van der Waals surface area (Å²) in [6.07, 6.45) is 5.88. The highest BCUT2D eigenvalue weighted by molar-refractivity contribution is 7.99. The van der Waals surface area contributed by atoms with Crippen LogP contribution in [0.1, 0.15) is 26.2 Å². The average Bonchev–Trinajstić information content (AvgIpc) is 3.10. The Labute approximate surface area is 156 Å². The fourth-order valence-corrected chi connectivity index (χ4v) is 5.21. The van der Waals surface area contributed by atoms with Crippen molar-refractivity contribution in [3.63, 3.8) is 0 Å². The van der Waals surface area contributed by atoms with Crippen LogP contribution in [0.4, 0.5) is 0 Å². The van der Waals surface area contributed by atoms with Crippen LogP contribution in [0, 0.1) is 0 Å². The van der Waals surface area contributed by atoms with E-state index in [0.29, 0.717) is 0 Å². The minimum absolute atomic E-state index is 0.232. The monoisotopic (exact) mass is 374 g/mol. The van der Waals surface area contributed by atoms with Gasteiger partial charge in [-0.2, -0.15) is 23.5 Å². The van der Waals surface area contributed by atoms with Gasteiger partial charge in [-0.3, -0.25) is 9.89 Å². The van der Waals surface area contributed by atoms with Crippen molar-refractivity contribution in [3.05, 3.63) is 0 Å². The van der Waals surface area contributed by atoms with Gasteiger partial charge < -0.3 is 15.4 Å². The highest BCUT2D eigenvalue weighted by Gasteiger charge is 2.40. The third-order valence-corrected chi connectivity index (χ3v) is 6.64. The van der Waals surface area contributed by atoms with Gasteiger partial charge in [-0.1, -0.05) is 0 Å². The molecule has 0 aromatic heterocycles. The number of unbranched alkanes of at least 4 members (excludes halogenated alkanes) is 1. The first-order chi connectivity index (χ1) is 11.8. The number of ether oxygens (including phenoxy) is 1. The molecule has 2 N–H and O–H groups in total. The van der Waals surface area contributed by atoms with Gasteiger partial charge in [-0.25, -0.2) is 0 Å². The molecule has 2 rings (SSSR count). The number of nitrogens with one attached hydrogen (secondary N) is 2. The van der Waals surface area contributed by atoms with Crippen molar-refractivity contribution in [1.29, 1.82) is 0 Å². The van der Waals surface area contributed by atoms with Crippen molar-refractivity contribution in [1.82, 2.24) is 15.5 Å². The van der Waals surface area contributed by atoms with Crippen molar-refractivity contribution in [2.24, 2.45) is 4.99 Å². The van der Waals surface area contributed by atoms with Crippen LogP contribution >= 0.6 is 23.5 Å². The van der Waals surface area contributed by atoms with Gasteiger partial charge in [0, 0.05) is 31.9 Å². The lowest BCUT2D eigenvalue weighted by Gasteiger charge is -2.42. The highest BCUT2D eigenvalue weighted by Crippen LogP contribution is 2.34. The standard InChI is InChI=1S/C17H34N4OS2/c1-3-18-16(19-7-4-5-12-23-2)20-14-17(6-13-24-15-17)21-8-10-22-11-9-21/h3-15H2,1-2H3,(H2,18,19,20). The second-order valence-corrected chi connectivity index (χ2v) is 8.54. The maximum Gasteiger partial charge on any atom is 0.191 e. The molecule has 2 aliphatic rings. The van der Waals surface area contributed by atoms with E-state index < -0.39 is 0 Å². The first kappa shape index (κ1) is 20.2. The molecule has 2 aliphatic heterocycles. The minimum Gasteiger partial charge on any atom is -0.379 e. The summed E-state index contributed by atoms with van der Waals surface area (Å²) < 4.78 is 5.54. The molecule has 0 saturated carbocycles. The topological polar surface area (TPSA) is 48.9 Å². The van der Waals surface area contributed by atoms with Crippen molar-refractivity contribution in [2.45, 2.75) is 31.7 Å². The van der Waals surface area contributed by atoms with Crippen LogP contribution in [-0.4, -0.2) is 85.9 Å². The van der Waals surface area contributed by atoms with Crippen LogP contribution < -0.4 is 10.6 Å². The second kappa shape index (κ2) is 11.5. The summed E-state index contributed by atoms with van der Waals surface area (Å²) in [7, 11) is 0. The zero-order valence-electron chi connectivity index (χ0n) is 15.3. The van der Waals surface area contributed by atoms with Gasteiger partial charge in [0.05, 0.1) is 25.3 Å². The van der Waals surface area contributed by atoms with E-state index in [9.17, 15) is 0 Å². The molecule has 2 heterocycles. The SMILES string of the molecule is CCNC(=NCC1(N2CCOCC2)CCSC1)NCCCCSC. The Kier molecular flexibility index (Phi) is 9.68. The molecule has 0 aromatic rings. The molecule has 1 atom stereocenters. The predicted octanol–water partition coefficient (Wildman–Crippen LogP) is 1.89. The van der Waals surface area contributed by atoms with E-state index in [1.807, 2.05) is 11.8 Å². The second-order valence-electron chi connectivity index (χ2n) is 6.45. The normalized spacial score (nSPS) is 25.8. The Bertz CT molecular complexity index is 370. The zero-order valence-corrected chi connectivity index (χ0v) is 16.9. The minimum atomic E-state index is 0.232. The highest BCUT2D eigenvalue weighted by atomic mass is 32.2. The molecule has 0 radical (unpaired) electrons. The van der Waals surface area contributed by atoms with Gasteiger partial charge in [-0.05, 0) is 43.9 Å². The molecular formula is C17H34N4OS2. The lowest BCUT2D eigenvalue weighted by atomic mass is 9.96. The summed E-state index contributed by atoms with van der Waals surface area (Å²) in [5.74, 6) is 4.67. The predicted molar refractivity (Wildman–Crippen MR) is 109 cm³/mol. The molecule has 2 saturated heterocycles. The Morgan fingerprint density at radius 1 is 1.29 bits per heavy atom. The van der Waals surface area contributed by atoms with Gasteiger partial charge in [0.2, 0.25) is 0 Å². The van der Waals surface area contributed by atoms with Crippen molar-refractivity contribution < 1.29 is 4.74 Å². The Morgan fingerprint density at radius 3 is 2.79 bits per heavy atom. The lowest BCUT2D eigenvalue weighted by molar-refractivity contribution is -0.0104. The maximum absolute atomic E-state index is 5.54. The maximum atomic E-state index is 5.54. The largest absolute Gasteiger partial charge is 0.379 e. The Balaban J connectivity index is 1.88. The number of thioether (sulfide) groups is 2. The van der Waals surface area contributed by atoms with E-state index in [1.165, 1.54) is 36.5 Å². The van der Waals surface area contributed by atoms with E-state index in [2.05, 4.69) is 40.5 Å². The van der Waals surface area contributed by atoms with Crippen LogP contribution in [0.3, 0.4) is 0 Å². The molecule has 7 heteroatoms. The number of nitrogens with zero attached hydrogens (tertiary/aromatic N) is 2.